The van der Waals surface area contributed by atoms with Crippen LogP contribution >= 0.6 is 11.3 Å². The average molecular weight is 391 g/mol. The van der Waals surface area contributed by atoms with Crippen molar-refractivity contribution in [1.82, 2.24) is 10.1 Å². The Hall–Kier alpha value is -3.45. The van der Waals surface area contributed by atoms with Gasteiger partial charge in [0.2, 0.25) is 5.91 Å². The number of ether oxygens (including phenoxy) is 1. The summed E-state index contributed by atoms with van der Waals surface area (Å²) in [5.41, 5.74) is 3.15. The minimum atomic E-state index is -0.160. The van der Waals surface area contributed by atoms with Crippen LogP contribution in [0.5, 0.6) is 5.75 Å². The number of amides is 1. The Morgan fingerprint density at radius 1 is 1.14 bits per heavy atom. The Kier molecular flexibility index (Phi) is 5.16. The molecular weight excluding hydrogens is 374 g/mol. The zero-order chi connectivity index (χ0) is 19.3. The smallest absolute Gasteiger partial charge is 0.230 e. The molecule has 140 valence electrons. The first-order chi connectivity index (χ1) is 13.7. The number of anilines is 1. The summed E-state index contributed by atoms with van der Waals surface area (Å²) in [5, 5.41) is 9.75. The minimum Gasteiger partial charge on any atom is -0.497 e. The number of nitrogens with zero attached hydrogens (tertiary/aromatic N) is 2. The van der Waals surface area contributed by atoms with Gasteiger partial charge in [0.05, 0.1) is 19.2 Å². The molecule has 4 aromatic rings. The van der Waals surface area contributed by atoms with Gasteiger partial charge in [0, 0.05) is 34.5 Å². The standard InChI is InChI=1S/C21H17N3O3S/c1-26-18-4-2-3-15(11-18)19-12-17(24-27-19)13-20(25)23-16-7-5-14(6-8-16)21-22-9-10-28-21/h2-12H,13H2,1H3,(H,23,25). The van der Waals surface area contributed by atoms with Gasteiger partial charge < -0.3 is 14.6 Å². The van der Waals surface area contributed by atoms with Gasteiger partial charge in [-0.25, -0.2) is 4.98 Å². The Morgan fingerprint density at radius 3 is 2.75 bits per heavy atom. The second kappa shape index (κ2) is 8.06. The van der Waals surface area contributed by atoms with Gasteiger partial charge in [-0.15, -0.1) is 11.3 Å². The second-order valence-electron chi connectivity index (χ2n) is 6.05. The topological polar surface area (TPSA) is 77.2 Å². The van der Waals surface area contributed by atoms with Gasteiger partial charge in [0.25, 0.3) is 0 Å². The molecule has 0 aliphatic carbocycles. The summed E-state index contributed by atoms with van der Waals surface area (Å²) in [6.45, 7) is 0. The maximum absolute atomic E-state index is 12.3. The Labute approximate surface area is 165 Å². The molecular formula is C21H17N3O3S. The van der Waals surface area contributed by atoms with Gasteiger partial charge in [-0.3, -0.25) is 4.79 Å². The van der Waals surface area contributed by atoms with E-state index in [9.17, 15) is 4.79 Å². The van der Waals surface area contributed by atoms with E-state index in [0.29, 0.717) is 11.5 Å². The summed E-state index contributed by atoms with van der Waals surface area (Å²) in [6, 6.07) is 16.8. The van der Waals surface area contributed by atoms with Crippen LogP contribution in [-0.4, -0.2) is 23.2 Å². The van der Waals surface area contributed by atoms with Crippen LogP contribution < -0.4 is 10.1 Å². The van der Waals surface area contributed by atoms with E-state index in [0.717, 1.165) is 27.6 Å². The number of carbonyl (C=O) groups is 1. The summed E-state index contributed by atoms with van der Waals surface area (Å²) in [5.74, 6) is 1.16. The van der Waals surface area contributed by atoms with E-state index in [1.165, 1.54) is 0 Å². The summed E-state index contributed by atoms with van der Waals surface area (Å²) < 4.78 is 10.6. The monoisotopic (exact) mass is 391 g/mol. The molecule has 2 aromatic heterocycles. The molecule has 0 bridgehead atoms. The van der Waals surface area contributed by atoms with E-state index in [2.05, 4.69) is 15.5 Å². The fraction of sp³-hybridized carbons (Fsp3) is 0.0952. The van der Waals surface area contributed by atoms with Crippen LogP contribution in [0.15, 0.2) is 70.7 Å². The Balaban J connectivity index is 1.39. The number of hydrogen-bond donors (Lipinski definition) is 1. The predicted octanol–water partition coefficient (Wildman–Crippen LogP) is 4.65. The molecule has 1 amide bonds. The van der Waals surface area contributed by atoms with E-state index < -0.39 is 0 Å². The molecule has 1 N–H and O–H groups in total. The van der Waals surface area contributed by atoms with E-state index in [4.69, 9.17) is 9.26 Å². The summed E-state index contributed by atoms with van der Waals surface area (Å²) in [6.07, 6.45) is 1.90. The first-order valence-electron chi connectivity index (χ1n) is 8.61. The summed E-state index contributed by atoms with van der Waals surface area (Å²) in [4.78, 5) is 16.6. The first kappa shape index (κ1) is 17.9. The maximum atomic E-state index is 12.3. The Morgan fingerprint density at radius 2 is 2.00 bits per heavy atom. The summed E-state index contributed by atoms with van der Waals surface area (Å²) in [7, 11) is 1.61. The van der Waals surface area contributed by atoms with E-state index in [1.54, 1.807) is 30.7 Å². The van der Waals surface area contributed by atoms with Crippen LogP contribution in [0.2, 0.25) is 0 Å². The first-order valence-corrected chi connectivity index (χ1v) is 9.49. The molecule has 0 atom stereocenters. The zero-order valence-electron chi connectivity index (χ0n) is 15.1. The number of methoxy groups -OCH3 is 1. The predicted molar refractivity (Wildman–Crippen MR) is 108 cm³/mol. The lowest BCUT2D eigenvalue weighted by Crippen LogP contribution is -2.14. The van der Waals surface area contributed by atoms with Crippen molar-refractivity contribution < 1.29 is 14.1 Å². The number of thiazole rings is 1. The van der Waals surface area contributed by atoms with Crippen LogP contribution in [0.4, 0.5) is 5.69 Å². The second-order valence-corrected chi connectivity index (χ2v) is 6.95. The van der Waals surface area contributed by atoms with Crippen molar-refractivity contribution in [3.8, 4) is 27.6 Å². The molecule has 0 radical (unpaired) electrons. The summed E-state index contributed by atoms with van der Waals surface area (Å²) >= 11 is 1.58. The van der Waals surface area contributed by atoms with Crippen molar-refractivity contribution in [2.24, 2.45) is 0 Å². The number of rotatable bonds is 6. The van der Waals surface area contributed by atoms with E-state index >= 15 is 0 Å². The highest BCUT2D eigenvalue weighted by Crippen LogP contribution is 2.25. The molecule has 0 aliphatic rings. The fourth-order valence-corrected chi connectivity index (χ4v) is 3.38. The lowest BCUT2D eigenvalue weighted by molar-refractivity contribution is -0.115. The Bertz CT molecular complexity index is 1070. The number of hydrogen-bond acceptors (Lipinski definition) is 6. The third kappa shape index (κ3) is 4.10. The highest BCUT2D eigenvalue weighted by molar-refractivity contribution is 7.13. The molecule has 0 saturated carbocycles. The lowest BCUT2D eigenvalue weighted by Gasteiger charge is -2.04. The van der Waals surface area contributed by atoms with Crippen molar-refractivity contribution in [2.75, 3.05) is 12.4 Å². The average Bonchev–Trinajstić information content (AvgIpc) is 3.41. The van der Waals surface area contributed by atoms with E-state index in [-0.39, 0.29) is 12.3 Å². The highest BCUT2D eigenvalue weighted by Gasteiger charge is 2.12. The van der Waals surface area contributed by atoms with Crippen LogP contribution in [0.25, 0.3) is 21.9 Å². The molecule has 7 heteroatoms. The van der Waals surface area contributed by atoms with Crippen LogP contribution in [-0.2, 0) is 11.2 Å². The number of benzene rings is 2. The number of aromatic nitrogens is 2. The van der Waals surface area contributed by atoms with Crippen molar-refractivity contribution in [3.63, 3.8) is 0 Å². The van der Waals surface area contributed by atoms with Gasteiger partial charge in [-0.05, 0) is 36.4 Å². The van der Waals surface area contributed by atoms with E-state index in [1.807, 2.05) is 53.9 Å². The molecule has 6 nitrogen and oxygen atoms in total. The van der Waals surface area contributed by atoms with Crippen LogP contribution in [0, 0.1) is 0 Å². The quantitative estimate of drug-likeness (QED) is 0.517. The highest BCUT2D eigenvalue weighted by atomic mass is 32.1. The van der Waals surface area contributed by atoms with Gasteiger partial charge in [-0.1, -0.05) is 17.3 Å². The van der Waals surface area contributed by atoms with Crippen molar-refractivity contribution in [3.05, 3.63) is 71.9 Å². The fourth-order valence-electron chi connectivity index (χ4n) is 2.74. The van der Waals surface area contributed by atoms with Gasteiger partial charge in [0.15, 0.2) is 5.76 Å². The van der Waals surface area contributed by atoms with Crippen LogP contribution in [0.1, 0.15) is 5.69 Å². The van der Waals surface area contributed by atoms with Crippen molar-refractivity contribution in [2.45, 2.75) is 6.42 Å². The van der Waals surface area contributed by atoms with Crippen LogP contribution in [0.3, 0.4) is 0 Å². The molecule has 0 unspecified atom stereocenters. The normalized spacial score (nSPS) is 10.6. The molecule has 28 heavy (non-hydrogen) atoms. The molecule has 0 fully saturated rings. The lowest BCUT2D eigenvalue weighted by atomic mass is 10.1. The SMILES string of the molecule is COc1cccc(-c2cc(CC(=O)Nc3ccc(-c4nccs4)cc3)no2)c1. The molecule has 2 heterocycles. The molecule has 4 rings (SSSR count). The molecule has 2 aromatic carbocycles. The van der Waals surface area contributed by atoms with Crippen molar-refractivity contribution in [1.29, 1.82) is 0 Å². The third-order valence-electron chi connectivity index (χ3n) is 4.10. The molecule has 0 saturated heterocycles. The largest absolute Gasteiger partial charge is 0.497 e. The van der Waals surface area contributed by atoms with Crippen molar-refractivity contribution >= 4 is 22.9 Å². The number of carbonyl (C=O) groups excluding carboxylic acids is 1. The number of nitrogens with one attached hydrogen (secondary N) is 1. The minimum absolute atomic E-state index is 0.127. The van der Waals surface area contributed by atoms with Gasteiger partial charge in [0.1, 0.15) is 10.8 Å². The maximum Gasteiger partial charge on any atom is 0.230 e. The van der Waals surface area contributed by atoms with Gasteiger partial charge >= 0.3 is 0 Å². The zero-order valence-corrected chi connectivity index (χ0v) is 15.9. The van der Waals surface area contributed by atoms with Gasteiger partial charge in [-0.2, -0.15) is 0 Å². The molecule has 0 spiro atoms. The molecule has 0 aliphatic heterocycles. The third-order valence-corrected chi connectivity index (χ3v) is 4.92.